The maximum Gasteiger partial charge on any atom is 0.410 e. The molecular weight excluding hydrogens is 480 g/mol. The summed E-state index contributed by atoms with van der Waals surface area (Å²) in [6, 6.07) is 1.81. The second-order valence-corrected chi connectivity index (χ2v) is 10.5. The first kappa shape index (κ1) is 28.6. The molecule has 3 rings (SSSR count). The van der Waals surface area contributed by atoms with Crippen LogP contribution in [-0.2, 0) is 32.0 Å². The largest absolute Gasteiger partial charge is 0.453 e. The Morgan fingerprint density at radius 3 is 2.68 bits per heavy atom. The van der Waals surface area contributed by atoms with Crippen LogP contribution in [0, 0.1) is 0 Å². The second-order valence-electron chi connectivity index (χ2n) is 10.5. The number of nitrogens with one attached hydrogen (secondary N) is 1. The lowest BCUT2D eigenvalue weighted by Gasteiger charge is -2.37. The third kappa shape index (κ3) is 8.03. The summed E-state index contributed by atoms with van der Waals surface area (Å²) < 4.78 is 15.9. The summed E-state index contributed by atoms with van der Waals surface area (Å²) in [6.45, 7) is 8.40. The molecule has 2 aliphatic rings. The van der Waals surface area contributed by atoms with Gasteiger partial charge in [0.25, 0.3) is 5.91 Å². The fraction of sp³-hybridized carbons (Fsp3) is 0.692. The molecule has 206 valence electrons. The number of alkyl carbamates (subject to hydrolysis) is 1. The van der Waals surface area contributed by atoms with Crippen molar-refractivity contribution in [3.63, 3.8) is 0 Å². The van der Waals surface area contributed by atoms with Crippen LogP contribution in [-0.4, -0.2) is 89.1 Å². The molecule has 0 aromatic carbocycles. The highest BCUT2D eigenvalue weighted by Gasteiger charge is 2.42. The summed E-state index contributed by atoms with van der Waals surface area (Å²) in [5, 5.41) is 12.4. The van der Waals surface area contributed by atoms with Crippen molar-refractivity contribution in [1.82, 2.24) is 20.1 Å². The van der Waals surface area contributed by atoms with Gasteiger partial charge in [0.15, 0.2) is 6.10 Å². The summed E-state index contributed by atoms with van der Waals surface area (Å²) >= 11 is 0. The van der Waals surface area contributed by atoms with Gasteiger partial charge in [-0.3, -0.25) is 9.78 Å². The van der Waals surface area contributed by atoms with E-state index in [1.807, 2.05) is 38.7 Å². The average molecular weight is 521 g/mol. The van der Waals surface area contributed by atoms with Gasteiger partial charge in [-0.25, -0.2) is 9.59 Å². The van der Waals surface area contributed by atoms with Crippen molar-refractivity contribution in [2.75, 3.05) is 33.4 Å². The fourth-order valence-electron chi connectivity index (χ4n) is 4.34. The Bertz CT molecular complexity index is 961. The van der Waals surface area contributed by atoms with Gasteiger partial charge in [-0.2, -0.15) is 0 Å². The van der Waals surface area contributed by atoms with Crippen LogP contribution in [0.3, 0.4) is 0 Å². The molecule has 1 saturated carbocycles. The molecule has 2 heterocycles. The maximum atomic E-state index is 13.7. The Kier molecular flexibility index (Phi) is 9.72. The van der Waals surface area contributed by atoms with Gasteiger partial charge in [0.1, 0.15) is 5.60 Å². The van der Waals surface area contributed by atoms with Crippen molar-refractivity contribution >= 4 is 18.1 Å². The topological polar surface area (TPSA) is 131 Å². The summed E-state index contributed by atoms with van der Waals surface area (Å²) in [5.41, 5.74) is 1.67. The fourth-order valence-corrected chi connectivity index (χ4v) is 4.34. The minimum absolute atomic E-state index is 0.105. The molecule has 1 saturated heterocycles. The van der Waals surface area contributed by atoms with Crippen molar-refractivity contribution in [2.45, 2.75) is 83.8 Å². The monoisotopic (exact) mass is 520 g/mol. The van der Waals surface area contributed by atoms with Crippen LogP contribution in [0.5, 0.6) is 0 Å². The van der Waals surface area contributed by atoms with Crippen LogP contribution in [0.25, 0.3) is 0 Å². The lowest BCUT2D eigenvalue weighted by molar-refractivity contribution is -0.151. The van der Waals surface area contributed by atoms with Gasteiger partial charge in [-0.05, 0) is 64.5 Å². The van der Waals surface area contributed by atoms with E-state index in [1.54, 1.807) is 6.20 Å². The number of hydrogen-bond donors (Lipinski definition) is 2. The van der Waals surface area contributed by atoms with Gasteiger partial charge in [-0.1, -0.05) is 6.07 Å². The first-order valence-corrected chi connectivity index (χ1v) is 12.9. The van der Waals surface area contributed by atoms with E-state index in [1.165, 1.54) is 12.0 Å². The number of carbonyl (C=O) groups is 3. The second kappa shape index (κ2) is 12.6. The maximum absolute atomic E-state index is 13.7. The molecule has 37 heavy (non-hydrogen) atoms. The number of nitrogens with zero attached hydrogens (tertiary/aromatic N) is 3. The molecule has 0 bridgehead atoms. The smallest absolute Gasteiger partial charge is 0.410 e. The van der Waals surface area contributed by atoms with Crippen LogP contribution in [0.15, 0.2) is 12.3 Å². The molecule has 11 heteroatoms. The number of hydrogen-bond acceptors (Lipinski definition) is 8. The molecule has 1 aliphatic carbocycles. The van der Waals surface area contributed by atoms with Crippen molar-refractivity contribution in [3.8, 4) is 0 Å². The number of pyridine rings is 1. The predicted octanol–water partition coefficient (Wildman–Crippen LogP) is 2.55. The standard InChI is InChI=1S/C26H40N4O7/c1-17(19-13-18(21(16-31)28-14-19)7-6-10-27-24(33)35-5)30(20-8-9-20)23(32)22-15-29(11-12-36-22)25(34)37-26(2,3)4/h13-14,17,20,22,31H,6-12,15-16H2,1-5H3,(H,27,33)/t17?,22-/m1/s1. The quantitative estimate of drug-likeness (QED) is 0.475. The van der Waals surface area contributed by atoms with Gasteiger partial charge in [0.2, 0.25) is 0 Å². The van der Waals surface area contributed by atoms with Crippen molar-refractivity contribution in [2.24, 2.45) is 0 Å². The summed E-state index contributed by atoms with van der Waals surface area (Å²) in [7, 11) is 1.31. The van der Waals surface area contributed by atoms with E-state index in [0.717, 1.165) is 24.0 Å². The molecule has 0 radical (unpaired) electrons. The zero-order valence-electron chi connectivity index (χ0n) is 22.5. The van der Waals surface area contributed by atoms with E-state index in [-0.39, 0.29) is 37.7 Å². The molecule has 1 aliphatic heterocycles. The number of ether oxygens (including phenoxy) is 3. The van der Waals surface area contributed by atoms with Crippen LogP contribution in [0.2, 0.25) is 0 Å². The van der Waals surface area contributed by atoms with Crippen molar-refractivity contribution < 1.29 is 33.7 Å². The van der Waals surface area contributed by atoms with E-state index >= 15 is 0 Å². The van der Waals surface area contributed by atoms with Gasteiger partial charge >= 0.3 is 12.2 Å². The lowest BCUT2D eigenvalue weighted by Crippen LogP contribution is -2.54. The number of aliphatic hydroxyl groups excluding tert-OH is 1. The Labute approximate surface area is 218 Å². The van der Waals surface area contributed by atoms with E-state index in [4.69, 9.17) is 9.47 Å². The van der Waals surface area contributed by atoms with Crippen molar-refractivity contribution in [3.05, 3.63) is 29.1 Å². The molecular formula is C26H40N4O7. The molecule has 2 N–H and O–H groups in total. The number of morpholine rings is 1. The van der Waals surface area contributed by atoms with Gasteiger partial charge in [-0.15, -0.1) is 0 Å². The Balaban J connectivity index is 1.71. The molecule has 1 unspecified atom stereocenters. The minimum Gasteiger partial charge on any atom is -0.453 e. The molecule has 11 nitrogen and oxygen atoms in total. The molecule has 1 aromatic heterocycles. The van der Waals surface area contributed by atoms with Crippen LogP contribution in [0.4, 0.5) is 9.59 Å². The van der Waals surface area contributed by atoms with Crippen LogP contribution in [0.1, 0.15) is 69.8 Å². The Morgan fingerprint density at radius 2 is 2.05 bits per heavy atom. The number of aromatic nitrogens is 1. The van der Waals surface area contributed by atoms with Gasteiger partial charge < -0.3 is 34.4 Å². The van der Waals surface area contributed by atoms with Gasteiger partial charge in [0.05, 0.1) is 38.6 Å². The summed E-state index contributed by atoms with van der Waals surface area (Å²) in [4.78, 5) is 45.4. The van der Waals surface area contributed by atoms with E-state index in [2.05, 4.69) is 15.0 Å². The van der Waals surface area contributed by atoms with Crippen LogP contribution < -0.4 is 5.32 Å². The number of methoxy groups -OCH3 is 1. The molecule has 3 amide bonds. The zero-order valence-corrected chi connectivity index (χ0v) is 22.5. The van der Waals surface area contributed by atoms with Crippen molar-refractivity contribution in [1.29, 1.82) is 0 Å². The number of aryl methyl sites for hydroxylation is 1. The first-order valence-electron chi connectivity index (χ1n) is 12.9. The highest BCUT2D eigenvalue weighted by molar-refractivity contribution is 5.83. The number of amides is 3. The predicted molar refractivity (Wildman–Crippen MR) is 135 cm³/mol. The highest BCUT2D eigenvalue weighted by atomic mass is 16.6. The number of rotatable bonds is 9. The average Bonchev–Trinajstić information content (AvgIpc) is 3.70. The Hall–Kier alpha value is -2.92. The molecule has 0 spiro atoms. The molecule has 1 aromatic rings. The molecule has 2 fully saturated rings. The lowest BCUT2D eigenvalue weighted by atomic mass is 10.0. The zero-order chi connectivity index (χ0) is 27.2. The van der Waals surface area contributed by atoms with E-state index in [0.29, 0.717) is 31.6 Å². The molecule has 2 atom stereocenters. The van der Waals surface area contributed by atoms with E-state index < -0.39 is 23.9 Å². The Morgan fingerprint density at radius 1 is 1.32 bits per heavy atom. The normalized spacial score (nSPS) is 18.6. The number of aliphatic hydroxyl groups is 1. The third-order valence-corrected chi connectivity index (χ3v) is 6.40. The first-order chi connectivity index (χ1) is 17.5. The van der Waals surface area contributed by atoms with Crippen LogP contribution >= 0.6 is 0 Å². The third-order valence-electron chi connectivity index (χ3n) is 6.40. The number of carbonyl (C=O) groups excluding carboxylic acids is 3. The van der Waals surface area contributed by atoms with E-state index in [9.17, 15) is 19.5 Å². The highest BCUT2D eigenvalue weighted by Crippen LogP contribution is 2.36. The summed E-state index contributed by atoms with van der Waals surface area (Å²) in [5.74, 6) is -0.154. The summed E-state index contributed by atoms with van der Waals surface area (Å²) in [6.07, 6.45) is 3.05. The van der Waals surface area contributed by atoms with Gasteiger partial charge in [0, 0.05) is 25.3 Å². The SMILES string of the molecule is COC(=O)NCCCc1cc(C(C)N(C(=O)[C@H]2CN(C(=O)OC(C)(C)C)CCO2)C2CC2)cnc1CO. The minimum atomic E-state index is -0.766.